The van der Waals surface area contributed by atoms with Crippen LogP contribution in [0.1, 0.15) is 25.7 Å². The van der Waals surface area contributed by atoms with Gasteiger partial charge in [-0.25, -0.2) is 0 Å². The molecule has 8 rings (SSSR count). The molecule has 10 atom stereocenters. The van der Waals surface area contributed by atoms with Gasteiger partial charge in [0.25, 0.3) is 0 Å². The van der Waals surface area contributed by atoms with Crippen molar-refractivity contribution in [2.45, 2.75) is 25.7 Å². The molecule has 17 heavy (non-hydrogen) atoms. The van der Waals surface area contributed by atoms with Gasteiger partial charge < -0.3 is 0 Å². The monoisotopic (exact) mass is 224 g/mol. The van der Waals surface area contributed by atoms with Crippen LogP contribution in [0.3, 0.4) is 0 Å². The zero-order valence-corrected chi connectivity index (χ0v) is 10.3. The largest absolute Gasteiger partial charge is 0.0496 e. The average molecular weight is 224 g/mol. The Morgan fingerprint density at radius 2 is 1.24 bits per heavy atom. The molecular weight excluding hydrogens is 204 g/mol. The van der Waals surface area contributed by atoms with E-state index in [1.807, 2.05) is 0 Å². The van der Waals surface area contributed by atoms with Crippen molar-refractivity contribution in [1.82, 2.24) is 0 Å². The maximum Gasteiger partial charge on any atom is -0.0172 e. The molecule has 0 aromatic rings. The highest BCUT2D eigenvalue weighted by Gasteiger charge is 2.95. The molecule has 0 heteroatoms. The van der Waals surface area contributed by atoms with Crippen LogP contribution in [0.25, 0.3) is 0 Å². The molecule has 0 aromatic heterocycles. The quantitative estimate of drug-likeness (QED) is 0.593. The maximum atomic E-state index is 1.69. The minimum absolute atomic E-state index is 1.06. The molecule has 1 spiro atoms. The van der Waals surface area contributed by atoms with Gasteiger partial charge in [0.1, 0.15) is 0 Å². The molecule has 0 aromatic carbocycles. The van der Waals surface area contributed by atoms with E-state index in [-0.39, 0.29) is 0 Å². The highest BCUT2D eigenvalue weighted by atomic mass is 15.0. The Labute approximate surface area is 103 Å². The smallest absolute Gasteiger partial charge is 0.0172 e. The van der Waals surface area contributed by atoms with Gasteiger partial charge in [-0.3, -0.25) is 0 Å². The number of rotatable bonds is 0. The molecule has 0 bridgehead atoms. The van der Waals surface area contributed by atoms with Crippen LogP contribution < -0.4 is 0 Å². The summed E-state index contributed by atoms with van der Waals surface area (Å²) in [5.41, 5.74) is 1.06. The Balaban J connectivity index is 1.33. The topological polar surface area (TPSA) is 0 Å². The predicted octanol–water partition coefficient (Wildman–Crippen LogP) is 3.04. The molecule has 0 amide bonds. The average Bonchev–Trinajstić information content (AvgIpc) is 2.41. The van der Waals surface area contributed by atoms with E-state index in [0.29, 0.717) is 0 Å². The molecule has 0 heterocycles. The molecule has 0 aliphatic heterocycles. The summed E-state index contributed by atoms with van der Waals surface area (Å²) in [6.07, 6.45) is 6.66. The fourth-order valence-corrected chi connectivity index (χ4v) is 10.4. The van der Waals surface area contributed by atoms with E-state index >= 15 is 0 Å². The van der Waals surface area contributed by atoms with Gasteiger partial charge in [-0.1, -0.05) is 0 Å². The third kappa shape index (κ3) is 0.396. The van der Waals surface area contributed by atoms with Gasteiger partial charge in [0, 0.05) is 0 Å². The van der Waals surface area contributed by atoms with E-state index in [2.05, 4.69) is 0 Å². The zero-order valence-electron chi connectivity index (χ0n) is 10.3. The summed E-state index contributed by atoms with van der Waals surface area (Å²) in [6, 6.07) is 0. The number of fused-ring (bicyclic) bond motifs is 11. The van der Waals surface area contributed by atoms with Gasteiger partial charge >= 0.3 is 0 Å². The zero-order chi connectivity index (χ0) is 10.3. The normalized spacial score (nSPS) is 93.2. The van der Waals surface area contributed by atoms with E-state index < -0.39 is 0 Å². The van der Waals surface area contributed by atoms with E-state index in [0.717, 1.165) is 5.41 Å². The van der Waals surface area contributed by atoms with Crippen LogP contribution in [-0.2, 0) is 0 Å². The first-order chi connectivity index (χ1) is 8.44. The van der Waals surface area contributed by atoms with Crippen LogP contribution in [0, 0.1) is 76.4 Å². The summed E-state index contributed by atoms with van der Waals surface area (Å²) in [5.74, 6) is 15.5. The Morgan fingerprint density at radius 3 is 1.71 bits per heavy atom. The molecule has 10 unspecified atom stereocenters. The number of hydrogen-bond donors (Lipinski definition) is 0. The van der Waals surface area contributed by atoms with Gasteiger partial charge in [-0.05, 0) is 102 Å². The lowest BCUT2D eigenvalue weighted by atomic mass is 9.15. The highest BCUT2D eigenvalue weighted by Crippen LogP contribution is 2.99. The van der Waals surface area contributed by atoms with Crippen molar-refractivity contribution in [2.75, 3.05) is 0 Å². The van der Waals surface area contributed by atoms with E-state index in [9.17, 15) is 0 Å². The minimum Gasteiger partial charge on any atom is -0.0496 e. The molecule has 0 radical (unpaired) electrons. The molecule has 0 nitrogen and oxygen atoms in total. The Kier molecular flexibility index (Phi) is 0.756. The SMILES string of the molecule is C1CC2C1C1C2C2C1C1C3CC4CC5C2C1C435. The lowest BCUT2D eigenvalue weighted by molar-refractivity contribution is -0.424. The maximum absolute atomic E-state index is 1.69. The van der Waals surface area contributed by atoms with Crippen molar-refractivity contribution in [3.8, 4) is 0 Å². The van der Waals surface area contributed by atoms with E-state index in [1.54, 1.807) is 25.7 Å². The molecule has 8 aliphatic rings. The lowest BCUT2D eigenvalue weighted by Gasteiger charge is -2.89. The first-order valence-electron chi connectivity index (χ1n) is 8.44. The molecule has 8 saturated carbocycles. The molecule has 0 saturated heterocycles. The Bertz CT molecular complexity index is 466. The van der Waals surface area contributed by atoms with Gasteiger partial charge in [0.2, 0.25) is 0 Å². The van der Waals surface area contributed by atoms with Crippen LogP contribution in [-0.4, -0.2) is 0 Å². The second-order valence-electron chi connectivity index (χ2n) is 9.28. The summed E-state index contributed by atoms with van der Waals surface area (Å²) in [4.78, 5) is 0. The first kappa shape index (κ1) is 7.56. The van der Waals surface area contributed by atoms with Crippen LogP contribution in [0.4, 0.5) is 0 Å². The van der Waals surface area contributed by atoms with Crippen molar-refractivity contribution in [2.24, 2.45) is 76.4 Å². The van der Waals surface area contributed by atoms with E-state index in [4.69, 9.17) is 0 Å². The van der Waals surface area contributed by atoms with Crippen molar-refractivity contribution in [1.29, 1.82) is 0 Å². The van der Waals surface area contributed by atoms with Crippen LogP contribution in [0.5, 0.6) is 0 Å². The minimum atomic E-state index is 1.06. The van der Waals surface area contributed by atoms with E-state index in [1.165, 1.54) is 71.0 Å². The highest BCUT2D eigenvalue weighted by molar-refractivity contribution is 5.42. The molecule has 8 aliphatic carbocycles. The standard InChI is InChI=1S/C17H20/c1-2-7-6(1)10-11(7)15-13-9-4-5-3-8-12(14(10)15)16(13)17(5,8)9/h5-16H,1-4H2. The molecule has 8 fully saturated rings. The third-order valence-electron chi connectivity index (χ3n) is 10.4. The molecule has 88 valence electrons. The summed E-state index contributed by atoms with van der Waals surface area (Å²) in [7, 11) is 0. The first-order valence-corrected chi connectivity index (χ1v) is 8.44. The third-order valence-corrected chi connectivity index (χ3v) is 10.4. The molecule has 0 N–H and O–H groups in total. The second kappa shape index (κ2) is 1.70. The van der Waals surface area contributed by atoms with Gasteiger partial charge in [0.05, 0.1) is 0 Å². The van der Waals surface area contributed by atoms with Crippen LogP contribution in [0.15, 0.2) is 0 Å². The number of hydrogen-bond acceptors (Lipinski definition) is 0. The summed E-state index contributed by atoms with van der Waals surface area (Å²) < 4.78 is 0. The van der Waals surface area contributed by atoms with Crippen molar-refractivity contribution < 1.29 is 0 Å². The van der Waals surface area contributed by atoms with Gasteiger partial charge in [0.15, 0.2) is 0 Å². The lowest BCUT2D eigenvalue weighted by Crippen LogP contribution is -2.85. The summed E-state index contributed by atoms with van der Waals surface area (Å²) >= 11 is 0. The van der Waals surface area contributed by atoms with Crippen LogP contribution in [0.2, 0.25) is 0 Å². The van der Waals surface area contributed by atoms with Crippen molar-refractivity contribution in [3.63, 3.8) is 0 Å². The van der Waals surface area contributed by atoms with Crippen LogP contribution >= 0.6 is 0 Å². The van der Waals surface area contributed by atoms with Crippen molar-refractivity contribution in [3.05, 3.63) is 0 Å². The van der Waals surface area contributed by atoms with Crippen molar-refractivity contribution >= 4 is 0 Å². The Morgan fingerprint density at radius 1 is 0.647 bits per heavy atom. The summed E-state index contributed by atoms with van der Waals surface area (Å²) in [6.45, 7) is 0. The summed E-state index contributed by atoms with van der Waals surface area (Å²) in [5, 5.41) is 0. The fraction of sp³-hybridized carbons (Fsp3) is 1.00. The second-order valence-corrected chi connectivity index (χ2v) is 9.28. The van der Waals surface area contributed by atoms with Gasteiger partial charge in [-0.15, -0.1) is 0 Å². The predicted molar refractivity (Wildman–Crippen MR) is 62.8 cm³/mol. The van der Waals surface area contributed by atoms with Gasteiger partial charge in [-0.2, -0.15) is 0 Å². The Hall–Kier alpha value is 0. The molecular formula is C17H20. The fourth-order valence-electron chi connectivity index (χ4n) is 10.4.